The van der Waals surface area contributed by atoms with E-state index < -0.39 is 0 Å². The number of hydrogen-bond acceptors (Lipinski definition) is 4. The zero-order valence-corrected chi connectivity index (χ0v) is 12.7. The quantitative estimate of drug-likeness (QED) is 0.852. The normalized spacial score (nSPS) is 10.3. The number of nitrogens with one attached hydrogen (secondary N) is 2. The summed E-state index contributed by atoms with van der Waals surface area (Å²) in [5.74, 6) is 0.00107. The van der Waals surface area contributed by atoms with Crippen LogP contribution in [-0.4, -0.2) is 26.8 Å². The zero-order valence-electron chi connectivity index (χ0n) is 12.7. The second-order valence-electron chi connectivity index (χ2n) is 4.76. The van der Waals surface area contributed by atoms with Crippen molar-refractivity contribution in [3.05, 3.63) is 36.0 Å². The number of para-hydroxylation sites is 1. The van der Waals surface area contributed by atoms with E-state index in [-0.39, 0.29) is 18.4 Å². The maximum atomic E-state index is 12.1. The number of rotatable bonds is 6. The molecule has 0 radical (unpaired) electrons. The molecule has 1 heterocycles. The van der Waals surface area contributed by atoms with E-state index >= 15 is 0 Å². The molecule has 22 heavy (non-hydrogen) atoms. The minimum atomic E-state index is -0.195. The minimum Gasteiger partial charge on any atom is -0.324 e. The van der Waals surface area contributed by atoms with Crippen LogP contribution in [-0.2, 0) is 22.6 Å². The molecule has 2 rings (SSSR count). The second kappa shape index (κ2) is 7.35. The molecule has 0 bridgehead atoms. The summed E-state index contributed by atoms with van der Waals surface area (Å²) >= 11 is 0. The van der Waals surface area contributed by atoms with Crippen LogP contribution in [0.25, 0.3) is 0 Å². The van der Waals surface area contributed by atoms with Gasteiger partial charge in [-0.25, -0.2) is 4.68 Å². The van der Waals surface area contributed by atoms with Gasteiger partial charge in [-0.1, -0.05) is 37.3 Å². The number of carbonyl (C=O) groups is 2. The Kier molecular flexibility index (Phi) is 5.24. The fourth-order valence-corrected chi connectivity index (χ4v) is 1.95. The minimum absolute atomic E-state index is 0.0348. The van der Waals surface area contributed by atoms with Crippen LogP contribution in [0, 0.1) is 0 Å². The monoisotopic (exact) mass is 301 g/mol. The number of carbonyl (C=O) groups excluding carboxylic acids is 2. The average molecular weight is 301 g/mol. The first-order chi connectivity index (χ1) is 10.6. The molecule has 0 saturated carbocycles. The maximum Gasteiger partial charge on any atom is 0.246 e. The summed E-state index contributed by atoms with van der Waals surface area (Å²) in [6.45, 7) is 3.82. The van der Waals surface area contributed by atoms with Crippen molar-refractivity contribution in [3.8, 4) is 0 Å². The van der Waals surface area contributed by atoms with Gasteiger partial charge in [0.1, 0.15) is 6.54 Å². The number of hydrogen-bond donors (Lipinski definition) is 2. The highest BCUT2D eigenvalue weighted by Gasteiger charge is 2.09. The van der Waals surface area contributed by atoms with Gasteiger partial charge >= 0.3 is 0 Å². The van der Waals surface area contributed by atoms with Crippen LogP contribution in [0.15, 0.2) is 30.5 Å². The molecule has 2 amide bonds. The van der Waals surface area contributed by atoms with Crippen molar-refractivity contribution >= 4 is 23.3 Å². The SMILES string of the molecule is CCC(=O)Nc1cn(CC(=O)Nc2ccccc2CC)nn1. The van der Waals surface area contributed by atoms with E-state index in [1.54, 1.807) is 6.92 Å². The molecular weight excluding hydrogens is 282 g/mol. The van der Waals surface area contributed by atoms with Crippen LogP contribution in [0.2, 0.25) is 0 Å². The highest BCUT2D eigenvalue weighted by Crippen LogP contribution is 2.15. The number of amides is 2. The van der Waals surface area contributed by atoms with Crippen LogP contribution < -0.4 is 10.6 Å². The van der Waals surface area contributed by atoms with Crippen molar-refractivity contribution in [1.82, 2.24) is 15.0 Å². The summed E-state index contributed by atoms with van der Waals surface area (Å²) in [7, 11) is 0. The summed E-state index contributed by atoms with van der Waals surface area (Å²) in [5.41, 5.74) is 1.87. The predicted molar refractivity (Wildman–Crippen MR) is 83.4 cm³/mol. The molecule has 2 N–H and O–H groups in total. The molecular formula is C15H19N5O2. The van der Waals surface area contributed by atoms with Gasteiger partial charge in [0.25, 0.3) is 0 Å². The van der Waals surface area contributed by atoms with E-state index in [2.05, 4.69) is 20.9 Å². The molecule has 0 saturated heterocycles. The third kappa shape index (κ3) is 4.15. The van der Waals surface area contributed by atoms with E-state index in [9.17, 15) is 9.59 Å². The van der Waals surface area contributed by atoms with Gasteiger partial charge in [-0.3, -0.25) is 9.59 Å². The summed E-state index contributed by atoms with van der Waals surface area (Å²) in [6.07, 6.45) is 2.73. The lowest BCUT2D eigenvalue weighted by molar-refractivity contribution is -0.117. The van der Waals surface area contributed by atoms with Crippen LogP contribution in [0.1, 0.15) is 25.8 Å². The Balaban J connectivity index is 1.96. The fraction of sp³-hybridized carbons (Fsp3) is 0.333. The molecule has 0 aliphatic heterocycles. The fourth-order valence-electron chi connectivity index (χ4n) is 1.95. The number of aromatic nitrogens is 3. The van der Waals surface area contributed by atoms with Gasteiger partial charge in [0.05, 0.1) is 6.20 Å². The van der Waals surface area contributed by atoms with E-state index in [0.29, 0.717) is 12.2 Å². The van der Waals surface area contributed by atoms with Gasteiger partial charge in [-0.15, -0.1) is 5.10 Å². The highest BCUT2D eigenvalue weighted by atomic mass is 16.2. The highest BCUT2D eigenvalue weighted by molar-refractivity contribution is 5.91. The number of nitrogens with zero attached hydrogens (tertiary/aromatic N) is 3. The Bertz CT molecular complexity index is 665. The summed E-state index contributed by atoms with van der Waals surface area (Å²) in [4.78, 5) is 23.3. The summed E-state index contributed by atoms with van der Waals surface area (Å²) < 4.78 is 1.38. The van der Waals surface area contributed by atoms with Crippen molar-refractivity contribution in [1.29, 1.82) is 0 Å². The molecule has 0 fully saturated rings. The molecule has 0 aliphatic rings. The van der Waals surface area contributed by atoms with Gasteiger partial charge in [0.15, 0.2) is 5.82 Å². The lowest BCUT2D eigenvalue weighted by Crippen LogP contribution is -2.19. The van der Waals surface area contributed by atoms with Gasteiger partial charge in [0, 0.05) is 12.1 Å². The maximum absolute atomic E-state index is 12.1. The largest absolute Gasteiger partial charge is 0.324 e. The molecule has 0 atom stereocenters. The third-order valence-electron chi connectivity index (χ3n) is 3.11. The number of aryl methyl sites for hydroxylation is 1. The molecule has 1 aromatic heterocycles. The summed E-state index contributed by atoms with van der Waals surface area (Å²) in [5, 5.41) is 13.1. The molecule has 0 unspecified atom stereocenters. The van der Waals surface area contributed by atoms with Gasteiger partial charge in [-0.2, -0.15) is 0 Å². The Morgan fingerprint density at radius 2 is 1.91 bits per heavy atom. The van der Waals surface area contributed by atoms with Crippen LogP contribution in [0.5, 0.6) is 0 Å². The Morgan fingerprint density at radius 3 is 2.64 bits per heavy atom. The second-order valence-corrected chi connectivity index (χ2v) is 4.76. The van der Waals surface area contributed by atoms with Crippen LogP contribution in [0.3, 0.4) is 0 Å². The van der Waals surface area contributed by atoms with Crippen molar-refractivity contribution in [2.75, 3.05) is 10.6 Å². The first-order valence-corrected chi connectivity index (χ1v) is 7.20. The van der Waals surface area contributed by atoms with Crippen molar-refractivity contribution in [3.63, 3.8) is 0 Å². The van der Waals surface area contributed by atoms with Crippen molar-refractivity contribution in [2.24, 2.45) is 0 Å². The summed E-state index contributed by atoms with van der Waals surface area (Å²) in [6, 6.07) is 7.66. The van der Waals surface area contributed by atoms with Gasteiger partial charge < -0.3 is 10.6 Å². The average Bonchev–Trinajstić information content (AvgIpc) is 2.94. The molecule has 116 valence electrons. The lowest BCUT2D eigenvalue weighted by atomic mass is 10.1. The first kappa shape index (κ1) is 15.7. The molecule has 0 aliphatic carbocycles. The molecule has 0 spiro atoms. The zero-order chi connectivity index (χ0) is 15.9. The third-order valence-corrected chi connectivity index (χ3v) is 3.11. The van der Waals surface area contributed by atoms with Crippen molar-refractivity contribution in [2.45, 2.75) is 33.2 Å². The molecule has 1 aromatic carbocycles. The first-order valence-electron chi connectivity index (χ1n) is 7.20. The Labute approximate surface area is 128 Å². The number of anilines is 2. The molecule has 7 nitrogen and oxygen atoms in total. The van der Waals surface area contributed by atoms with Crippen LogP contribution >= 0.6 is 0 Å². The predicted octanol–water partition coefficient (Wildman–Crippen LogP) is 1.83. The lowest BCUT2D eigenvalue weighted by Gasteiger charge is -2.09. The Morgan fingerprint density at radius 1 is 1.14 bits per heavy atom. The van der Waals surface area contributed by atoms with E-state index in [0.717, 1.165) is 17.7 Å². The van der Waals surface area contributed by atoms with Gasteiger partial charge in [-0.05, 0) is 18.1 Å². The van der Waals surface area contributed by atoms with E-state index in [1.807, 2.05) is 31.2 Å². The molecule has 2 aromatic rings. The van der Waals surface area contributed by atoms with E-state index in [4.69, 9.17) is 0 Å². The van der Waals surface area contributed by atoms with Gasteiger partial charge in [0.2, 0.25) is 11.8 Å². The number of benzene rings is 1. The topological polar surface area (TPSA) is 88.9 Å². The van der Waals surface area contributed by atoms with Crippen LogP contribution in [0.4, 0.5) is 11.5 Å². The van der Waals surface area contributed by atoms with E-state index in [1.165, 1.54) is 10.9 Å². The molecule has 7 heteroatoms. The smallest absolute Gasteiger partial charge is 0.246 e. The van der Waals surface area contributed by atoms with Crippen molar-refractivity contribution < 1.29 is 9.59 Å². The standard InChI is InChI=1S/C15H19N5O2/c1-3-11-7-5-6-8-12(11)16-15(22)10-20-9-13(18-19-20)17-14(21)4-2/h5-9H,3-4,10H2,1-2H3,(H,16,22)(H,17,21). The Hall–Kier alpha value is -2.70.